The van der Waals surface area contributed by atoms with Crippen molar-refractivity contribution in [2.75, 3.05) is 6.61 Å². The van der Waals surface area contributed by atoms with Crippen LogP contribution in [0, 0.1) is 5.82 Å². The summed E-state index contributed by atoms with van der Waals surface area (Å²) >= 11 is 12.4. The molecule has 0 radical (unpaired) electrons. The Hall–Kier alpha value is -2.19. The van der Waals surface area contributed by atoms with Gasteiger partial charge in [-0.25, -0.2) is 9.18 Å². The first kappa shape index (κ1) is 26.4. The fourth-order valence-corrected chi connectivity index (χ4v) is 4.92. The first-order valence-corrected chi connectivity index (χ1v) is 14.5. The van der Waals surface area contributed by atoms with Gasteiger partial charge in [0, 0.05) is 18.1 Å². The van der Waals surface area contributed by atoms with E-state index in [0.29, 0.717) is 21.2 Å². The van der Waals surface area contributed by atoms with Crippen LogP contribution in [0.25, 0.3) is 10.9 Å². The molecule has 0 amide bonds. The van der Waals surface area contributed by atoms with Crippen LogP contribution in [-0.4, -0.2) is 30.6 Å². The average molecular weight is 524 g/mol. The van der Waals surface area contributed by atoms with E-state index in [1.54, 1.807) is 18.2 Å². The van der Waals surface area contributed by atoms with Crippen molar-refractivity contribution < 1.29 is 18.7 Å². The molecule has 5 nitrogen and oxygen atoms in total. The summed E-state index contributed by atoms with van der Waals surface area (Å²) in [4.78, 5) is 24.7. The minimum absolute atomic E-state index is 0.000349. The lowest BCUT2D eigenvalue weighted by Crippen LogP contribution is -2.41. The fourth-order valence-electron chi connectivity index (χ4n) is 3.50. The second kappa shape index (κ2) is 9.82. The number of pyridine rings is 1. The fraction of sp³-hybridized carbons (Fsp3) is 0.360. The highest BCUT2D eigenvalue weighted by Crippen LogP contribution is 2.36. The number of carbonyl (C=O) groups is 1. The normalized spacial score (nSPS) is 12.4. The number of nitrogens with zero attached hydrogens (tertiary/aromatic N) is 1. The van der Waals surface area contributed by atoms with Crippen molar-refractivity contribution in [3.05, 3.63) is 79.3 Å². The minimum atomic E-state index is -2.06. The van der Waals surface area contributed by atoms with Crippen molar-refractivity contribution in [3.63, 3.8) is 0 Å². The first-order chi connectivity index (χ1) is 15.7. The number of carboxylic acid groups (broad SMARTS) is 1. The molecule has 1 aromatic heterocycles. The Morgan fingerprint density at radius 1 is 1.21 bits per heavy atom. The van der Waals surface area contributed by atoms with E-state index >= 15 is 4.39 Å². The Morgan fingerprint density at radius 3 is 2.50 bits per heavy atom. The summed E-state index contributed by atoms with van der Waals surface area (Å²) in [6, 6.07) is 8.01. The number of aromatic carboxylic acids is 1. The van der Waals surface area contributed by atoms with Crippen molar-refractivity contribution in [2.24, 2.45) is 0 Å². The smallest absolute Gasteiger partial charge is 0.341 e. The number of fused-ring (bicyclic) bond motifs is 1. The third-order valence-electron chi connectivity index (χ3n) is 6.44. The maximum absolute atomic E-state index is 15.4. The number of hydrogen-bond donors (Lipinski definition) is 1. The second-order valence-corrected chi connectivity index (χ2v) is 15.4. The van der Waals surface area contributed by atoms with Crippen LogP contribution >= 0.6 is 23.2 Å². The van der Waals surface area contributed by atoms with Gasteiger partial charge in [-0.3, -0.25) is 4.79 Å². The van der Waals surface area contributed by atoms with Gasteiger partial charge in [0.1, 0.15) is 11.4 Å². The summed E-state index contributed by atoms with van der Waals surface area (Å²) < 4.78 is 23.0. The molecule has 0 saturated heterocycles. The highest BCUT2D eigenvalue weighted by molar-refractivity contribution is 6.74. The monoisotopic (exact) mass is 523 g/mol. The van der Waals surface area contributed by atoms with E-state index in [9.17, 15) is 14.7 Å². The van der Waals surface area contributed by atoms with Crippen molar-refractivity contribution in [1.29, 1.82) is 0 Å². The first-order valence-electron chi connectivity index (χ1n) is 10.9. The van der Waals surface area contributed by atoms with E-state index in [2.05, 4.69) is 33.9 Å². The largest absolute Gasteiger partial charge is 0.477 e. The van der Waals surface area contributed by atoms with Gasteiger partial charge in [-0.2, -0.15) is 0 Å². The third kappa shape index (κ3) is 5.38. The summed E-state index contributed by atoms with van der Waals surface area (Å²) in [6.07, 6.45) is 1.43. The summed E-state index contributed by atoms with van der Waals surface area (Å²) in [5, 5.41) is 10.3. The van der Waals surface area contributed by atoms with Gasteiger partial charge in [-0.15, -0.1) is 0 Å². The predicted octanol–water partition coefficient (Wildman–Crippen LogP) is 6.76. The van der Waals surface area contributed by atoms with Crippen molar-refractivity contribution in [2.45, 2.75) is 51.9 Å². The molecule has 0 bridgehead atoms. The summed E-state index contributed by atoms with van der Waals surface area (Å²) in [7, 11) is -2.06. The quantitative estimate of drug-likeness (QED) is 0.347. The van der Waals surface area contributed by atoms with Gasteiger partial charge < -0.3 is 14.1 Å². The number of carboxylic acids is 1. The molecular weight excluding hydrogens is 496 g/mol. The maximum atomic E-state index is 15.4. The van der Waals surface area contributed by atoms with Crippen LogP contribution in [0.4, 0.5) is 4.39 Å². The van der Waals surface area contributed by atoms with E-state index < -0.39 is 31.1 Å². The molecular formula is C25H28Cl2FNO4Si. The van der Waals surface area contributed by atoms with E-state index in [4.69, 9.17) is 27.6 Å². The molecule has 0 unspecified atom stereocenters. The van der Waals surface area contributed by atoms with Crippen LogP contribution in [0.1, 0.15) is 42.3 Å². The van der Waals surface area contributed by atoms with Crippen LogP contribution < -0.4 is 5.43 Å². The maximum Gasteiger partial charge on any atom is 0.341 e. The van der Waals surface area contributed by atoms with Gasteiger partial charge in [0.2, 0.25) is 5.43 Å². The molecule has 182 valence electrons. The van der Waals surface area contributed by atoms with Gasteiger partial charge in [0.15, 0.2) is 8.32 Å². The molecule has 0 aliphatic rings. The van der Waals surface area contributed by atoms with Crippen molar-refractivity contribution in [1.82, 2.24) is 4.57 Å². The van der Waals surface area contributed by atoms with Crippen molar-refractivity contribution in [3.8, 4) is 0 Å². The van der Waals surface area contributed by atoms with Gasteiger partial charge in [-0.05, 0) is 53.9 Å². The Kier molecular flexibility index (Phi) is 7.62. The van der Waals surface area contributed by atoms with E-state index in [1.165, 1.54) is 22.9 Å². The summed E-state index contributed by atoms with van der Waals surface area (Å²) in [6.45, 7) is 11.0. The van der Waals surface area contributed by atoms with Crippen molar-refractivity contribution >= 4 is 48.4 Å². The lowest BCUT2D eigenvalue weighted by Gasteiger charge is -2.36. The second-order valence-electron chi connectivity index (χ2n) is 9.84. The summed E-state index contributed by atoms with van der Waals surface area (Å²) in [5.41, 5.74) is 0.0530. The number of benzene rings is 2. The van der Waals surface area contributed by atoms with Gasteiger partial charge in [0.25, 0.3) is 0 Å². The van der Waals surface area contributed by atoms with E-state index in [0.717, 1.165) is 0 Å². The Bertz CT molecular complexity index is 1310. The Labute approximate surface area is 209 Å². The molecule has 0 saturated carbocycles. The molecule has 0 atom stereocenters. The molecule has 3 rings (SSSR count). The zero-order valence-corrected chi connectivity index (χ0v) is 22.4. The Morgan fingerprint density at radius 2 is 1.88 bits per heavy atom. The molecule has 3 aromatic rings. The van der Waals surface area contributed by atoms with Gasteiger partial charge >= 0.3 is 5.97 Å². The van der Waals surface area contributed by atoms with Gasteiger partial charge in [0.05, 0.1) is 22.2 Å². The molecule has 2 aromatic carbocycles. The van der Waals surface area contributed by atoms with E-state index in [-0.39, 0.29) is 35.5 Å². The topological polar surface area (TPSA) is 68.5 Å². The zero-order chi connectivity index (χ0) is 25.4. The SMILES string of the molecule is CC(C)(C)[Si](C)(C)OCCn1cc(C(=O)O)c(=O)c2cc(Cc3cccc(Cl)c3Cl)cc(F)c21. The Balaban J connectivity index is 2.06. The van der Waals surface area contributed by atoms with Crippen LogP contribution in [0.15, 0.2) is 41.3 Å². The van der Waals surface area contributed by atoms with Crippen LogP contribution in [0.5, 0.6) is 0 Å². The molecule has 0 spiro atoms. The van der Waals surface area contributed by atoms with Crippen LogP contribution in [0.2, 0.25) is 28.2 Å². The number of halogens is 3. The van der Waals surface area contributed by atoms with Crippen LogP contribution in [-0.2, 0) is 17.4 Å². The molecule has 1 N–H and O–H groups in total. The van der Waals surface area contributed by atoms with Gasteiger partial charge in [-0.1, -0.05) is 56.1 Å². The molecule has 0 aliphatic carbocycles. The molecule has 0 fully saturated rings. The molecule has 0 aliphatic heterocycles. The highest BCUT2D eigenvalue weighted by Gasteiger charge is 2.37. The summed E-state index contributed by atoms with van der Waals surface area (Å²) in [5.74, 6) is -1.98. The predicted molar refractivity (Wildman–Crippen MR) is 138 cm³/mol. The molecule has 34 heavy (non-hydrogen) atoms. The lowest BCUT2D eigenvalue weighted by molar-refractivity contribution is 0.0694. The van der Waals surface area contributed by atoms with E-state index in [1.807, 2.05) is 0 Å². The molecule has 9 heteroatoms. The standard InChI is InChI=1S/C25H28Cl2FNO4Si/c1-25(2,3)34(4,5)33-10-9-29-14-18(24(31)32)23(30)17-12-15(13-20(28)22(17)29)11-16-7-6-8-19(26)21(16)27/h6-8,12-14H,9-11H2,1-5H3,(H,31,32). The zero-order valence-electron chi connectivity index (χ0n) is 19.8. The minimum Gasteiger partial charge on any atom is -0.477 e. The average Bonchev–Trinajstić information content (AvgIpc) is 2.72. The molecule has 1 heterocycles. The number of hydrogen-bond acceptors (Lipinski definition) is 3. The van der Waals surface area contributed by atoms with Crippen LogP contribution in [0.3, 0.4) is 0 Å². The lowest BCUT2D eigenvalue weighted by atomic mass is 10.0. The number of aromatic nitrogens is 1. The highest BCUT2D eigenvalue weighted by atomic mass is 35.5. The third-order valence-corrected chi connectivity index (χ3v) is 11.8. The number of rotatable bonds is 7.